The maximum atomic E-state index is 14.9. The maximum Gasteiger partial charge on any atom is 0.244 e. The molecule has 3 aliphatic rings. The second kappa shape index (κ2) is 9.51. The van der Waals surface area contributed by atoms with Crippen LogP contribution in [0.25, 0.3) is 0 Å². The molecule has 0 aromatic heterocycles. The fourth-order valence-electron chi connectivity index (χ4n) is 4.29. The zero-order valence-electron chi connectivity index (χ0n) is 20.9. The molecule has 0 unspecified atom stereocenters. The Hall–Kier alpha value is -3.09. The number of nitrogens with zero attached hydrogens (tertiary/aromatic N) is 2. The molecule has 0 aromatic rings. The second-order valence-corrected chi connectivity index (χ2v) is 9.98. The highest BCUT2D eigenvalue weighted by Gasteiger charge is 2.41. The molecule has 0 saturated heterocycles. The summed E-state index contributed by atoms with van der Waals surface area (Å²) >= 11 is 0. The minimum absolute atomic E-state index is 0.0612. The van der Waals surface area contributed by atoms with Crippen LogP contribution in [0.4, 0.5) is 8.78 Å². The van der Waals surface area contributed by atoms with E-state index in [1.807, 2.05) is 44.7 Å². The normalized spacial score (nSPS) is 25.6. The number of aliphatic hydroxyl groups excluding tert-OH is 2. The number of nitriles is 1. The lowest BCUT2D eigenvalue weighted by atomic mass is 9.97. The number of hydrogen-bond acceptors (Lipinski definition) is 7. The molecular formula is C26H32F2N2O5. The van der Waals surface area contributed by atoms with Gasteiger partial charge in [0.2, 0.25) is 11.6 Å². The minimum atomic E-state index is -1.32. The topological polar surface area (TPSA) is 95.2 Å². The molecule has 3 aliphatic heterocycles. The summed E-state index contributed by atoms with van der Waals surface area (Å²) in [6.45, 7) is 11.3. The maximum absolute atomic E-state index is 14.9. The standard InChI is InChI=1S/C26H32F2N2O5/c1-24(2)16(12-18-14-21(26(5,6)34-18)30(7-9-31)8-10-32)11-17(33-24)13-19-22(28)23(20(27)15-29)35-25(19,3)4/h11-14,31-32H,7-10H2,1-6H3/b17-13-,18-12-,23-20-. The van der Waals surface area contributed by atoms with Gasteiger partial charge in [0.15, 0.2) is 5.83 Å². The van der Waals surface area contributed by atoms with Gasteiger partial charge in [0, 0.05) is 30.3 Å². The van der Waals surface area contributed by atoms with E-state index in [4.69, 9.17) is 19.5 Å². The molecule has 0 atom stereocenters. The Morgan fingerprint density at radius 2 is 1.51 bits per heavy atom. The molecule has 0 fully saturated rings. The number of halogens is 2. The van der Waals surface area contributed by atoms with Gasteiger partial charge in [0.25, 0.3) is 0 Å². The van der Waals surface area contributed by atoms with Crippen molar-refractivity contribution in [1.29, 1.82) is 5.26 Å². The Labute approximate surface area is 204 Å². The van der Waals surface area contributed by atoms with Crippen molar-refractivity contribution in [3.8, 4) is 6.07 Å². The largest absolute Gasteiger partial charge is 0.483 e. The smallest absolute Gasteiger partial charge is 0.244 e. The highest BCUT2D eigenvalue weighted by Crippen LogP contribution is 2.44. The van der Waals surface area contributed by atoms with Crippen molar-refractivity contribution in [2.24, 2.45) is 0 Å². The van der Waals surface area contributed by atoms with Crippen LogP contribution in [0, 0.1) is 11.3 Å². The van der Waals surface area contributed by atoms with E-state index in [1.165, 1.54) is 12.1 Å². The molecule has 0 radical (unpaired) electrons. The first-order valence-corrected chi connectivity index (χ1v) is 11.4. The predicted molar refractivity (Wildman–Crippen MR) is 125 cm³/mol. The molecular weight excluding hydrogens is 458 g/mol. The number of allylic oxidation sites excluding steroid dienone is 4. The van der Waals surface area contributed by atoms with E-state index in [-0.39, 0.29) is 18.8 Å². The predicted octanol–water partition coefficient (Wildman–Crippen LogP) is 4.21. The van der Waals surface area contributed by atoms with Gasteiger partial charge in [-0.3, -0.25) is 0 Å². The van der Waals surface area contributed by atoms with Crippen LogP contribution in [0.2, 0.25) is 0 Å². The molecule has 0 aliphatic carbocycles. The average molecular weight is 491 g/mol. The molecule has 0 amide bonds. The summed E-state index contributed by atoms with van der Waals surface area (Å²) < 4.78 is 46.2. The number of aliphatic hydroxyl groups is 2. The summed E-state index contributed by atoms with van der Waals surface area (Å²) in [5.41, 5.74) is -0.974. The van der Waals surface area contributed by atoms with Gasteiger partial charge in [-0.25, -0.2) is 4.39 Å². The quantitative estimate of drug-likeness (QED) is 0.517. The van der Waals surface area contributed by atoms with Crippen molar-refractivity contribution < 1.29 is 33.2 Å². The van der Waals surface area contributed by atoms with E-state index >= 15 is 0 Å². The first kappa shape index (κ1) is 26.5. The van der Waals surface area contributed by atoms with E-state index in [0.717, 1.165) is 11.3 Å². The van der Waals surface area contributed by atoms with Crippen molar-refractivity contribution in [1.82, 2.24) is 4.90 Å². The van der Waals surface area contributed by atoms with Crippen molar-refractivity contribution in [2.45, 2.75) is 58.3 Å². The molecule has 2 N–H and O–H groups in total. The number of hydrogen-bond donors (Lipinski definition) is 2. The van der Waals surface area contributed by atoms with Crippen LogP contribution in [0.1, 0.15) is 41.5 Å². The molecule has 0 bridgehead atoms. The Balaban J connectivity index is 1.99. The first-order chi connectivity index (χ1) is 16.3. The van der Waals surface area contributed by atoms with Crippen molar-refractivity contribution in [3.05, 3.63) is 70.1 Å². The van der Waals surface area contributed by atoms with Gasteiger partial charge in [0.1, 0.15) is 34.4 Å². The molecule has 35 heavy (non-hydrogen) atoms. The van der Waals surface area contributed by atoms with Crippen LogP contribution >= 0.6 is 0 Å². The Kier molecular flexibility index (Phi) is 7.21. The molecule has 7 nitrogen and oxygen atoms in total. The van der Waals surface area contributed by atoms with Gasteiger partial charge >= 0.3 is 0 Å². The fraction of sp³-hybridized carbons (Fsp3) is 0.500. The summed E-state index contributed by atoms with van der Waals surface area (Å²) in [5, 5.41) is 27.6. The summed E-state index contributed by atoms with van der Waals surface area (Å²) in [4.78, 5) is 1.87. The Morgan fingerprint density at radius 3 is 2.09 bits per heavy atom. The second-order valence-electron chi connectivity index (χ2n) is 9.98. The van der Waals surface area contributed by atoms with Crippen LogP contribution in [0.3, 0.4) is 0 Å². The van der Waals surface area contributed by atoms with E-state index in [2.05, 4.69) is 0 Å². The van der Waals surface area contributed by atoms with Gasteiger partial charge < -0.3 is 29.3 Å². The van der Waals surface area contributed by atoms with Crippen LogP contribution in [0.15, 0.2) is 70.1 Å². The van der Waals surface area contributed by atoms with Gasteiger partial charge in [-0.1, -0.05) is 0 Å². The molecule has 3 heterocycles. The Morgan fingerprint density at radius 1 is 0.943 bits per heavy atom. The molecule has 0 spiro atoms. The van der Waals surface area contributed by atoms with Gasteiger partial charge in [-0.05, 0) is 59.8 Å². The van der Waals surface area contributed by atoms with E-state index < -0.39 is 34.2 Å². The van der Waals surface area contributed by atoms with Gasteiger partial charge in [-0.2, -0.15) is 9.65 Å². The van der Waals surface area contributed by atoms with Crippen LogP contribution in [0.5, 0.6) is 0 Å². The van der Waals surface area contributed by atoms with Crippen LogP contribution in [-0.2, 0) is 14.2 Å². The third-order valence-electron chi connectivity index (χ3n) is 6.04. The van der Waals surface area contributed by atoms with Crippen LogP contribution in [-0.4, -0.2) is 58.2 Å². The van der Waals surface area contributed by atoms with E-state index in [1.54, 1.807) is 19.9 Å². The lowest BCUT2D eigenvalue weighted by Gasteiger charge is -2.32. The zero-order chi connectivity index (χ0) is 26.2. The highest BCUT2D eigenvalue weighted by atomic mass is 19.1. The molecule has 9 heteroatoms. The summed E-state index contributed by atoms with van der Waals surface area (Å²) in [7, 11) is 0. The van der Waals surface area contributed by atoms with Gasteiger partial charge in [0.05, 0.1) is 18.9 Å². The Bertz CT molecular complexity index is 1110. The summed E-state index contributed by atoms with van der Waals surface area (Å²) in [6, 6.07) is 1.28. The van der Waals surface area contributed by atoms with Crippen molar-refractivity contribution in [2.75, 3.05) is 26.3 Å². The third kappa shape index (κ3) is 5.29. The average Bonchev–Trinajstić information content (AvgIpc) is 3.30. The van der Waals surface area contributed by atoms with Gasteiger partial charge in [-0.15, -0.1) is 0 Å². The zero-order valence-corrected chi connectivity index (χ0v) is 20.9. The first-order valence-electron chi connectivity index (χ1n) is 11.4. The lowest BCUT2D eigenvalue weighted by Crippen LogP contribution is -2.38. The summed E-state index contributed by atoms with van der Waals surface area (Å²) in [6.07, 6.45) is 6.88. The molecule has 0 saturated carbocycles. The summed E-state index contributed by atoms with van der Waals surface area (Å²) in [5.74, 6) is -2.04. The molecule has 190 valence electrons. The van der Waals surface area contributed by atoms with Crippen molar-refractivity contribution in [3.63, 3.8) is 0 Å². The molecule has 3 rings (SSSR count). The van der Waals surface area contributed by atoms with E-state index in [0.29, 0.717) is 24.6 Å². The lowest BCUT2D eigenvalue weighted by molar-refractivity contribution is 0.0594. The SMILES string of the molecule is CC1(C)O/C(=C\C2=C(F)C(=C(/F)C#N)/OC2(C)C)C=C1/C=C1/C=C(N(CCO)CCO)C(C)(C)O1. The molecule has 0 aromatic carbocycles. The third-order valence-corrected chi connectivity index (χ3v) is 6.04. The number of rotatable bonds is 7. The highest BCUT2D eigenvalue weighted by molar-refractivity contribution is 5.51. The van der Waals surface area contributed by atoms with Crippen molar-refractivity contribution >= 4 is 0 Å². The van der Waals surface area contributed by atoms with E-state index in [9.17, 15) is 19.0 Å². The fourth-order valence-corrected chi connectivity index (χ4v) is 4.29. The minimum Gasteiger partial charge on any atom is -0.483 e. The number of ether oxygens (including phenoxy) is 3. The van der Waals surface area contributed by atoms with Crippen LogP contribution < -0.4 is 0 Å². The monoisotopic (exact) mass is 490 g/mol.